The molecule has 0 saturated carbocycles. The Morgan fingerprint density at radius 2 is 1.50 bits per heavy atom. The van der Waals surface area contributed by atoms with E-state index in [1.807, 2.05) is 0 Å². The normalized spacial score (nSPS) is 14.7. The fourth-order valence-electron chi connectivity index (χ4n) is 2.52. The molecular weight excluding hydrogens is 256 g/mol. The van der Waals surface area contributed by atoms with E-state index in [9.17, 15) is 19.8 Å². The van der Waals surface area contributed by atoms with Gasteiger partial charge in [0.1, 0.15) is 5.75 Å². The Labute approximate surface area is 115 Å². The lowest BCUT2D eigenvalue weighted by Gasteiger charge is -2.20. The SMILES string of the molecule is C[C@H](O)c1ccc2c(c1O)C(=O)c1ccccc1C2=O. The average Bonchev–Trinajstić information content (AvgIpc) is 2.44. The van der Waals surface area contributed by atoms with E-state index in [1.165, 1.54) is 19.1 Å². The van der Waals surface area contributed by atoms with E-state index in [2.05, 4.69) is 0 Å². The predicted octanol–water partition coefficient (Wildman–Crippen LogP) is 2.22. The number of phenols is 1. The van der Waals surface area contributed by atoms with Crippen molar-refractivity contribution in [1.82, 2.24) is 0 Å². The first-order chi connectivity index (χ1) is 9.52. The quantitative estimate of drug-likeness (QED) is 0.709. The molecule has 1 aliphatic rings. The van der Waals surface area contributed by atoms with Crippen LogP contribution in [0.5, 0.6) is 5.75 Å². The average molecular weight is 268 g/mol. The van der Waals surface area contributed by atoms with E-state index in [0.29, 0.717) is 5.56 Å². The maximum absolute atomic E-state index is 12.5. The van der Waals surface area contributed by atoms with Crippen LogP contribution in [0.3, 0.4) is 0 Å². The molecule has 0 spiro atoms. The second-order valence-corrected chi connectivity index (χ2v) is 4.81. The molecule has 2 aromatic rings. The lowest BCUT2D eigenvalue weighted by Crippen LogP contribution is -2.21. The molecule has 4 heteroatoms. The number of aromatic hydroxyl groups is 1. The summed E-state index contributed by atoms with van der Waals surface area (Å²) in [6, 6.07) is 9.47. The molecule has 0 fully saturated rings. The highest BCUT2D eigenvalue weighted by molar-refractivity contribution is 6.29. The van der Waals surface area contributed by atoms with Crippen LogP contribution in [0.4, 0.5) is 0 Å². The third kappa shape index (κ3) is 1.58. The molecule has 100 valence electrons. The van der Waals surface area contributed by atoms with Gasteiger partial charge in [0.05, 0.1) is 11.7 Å². The first-order valence-electron chi connectivity index (χ1n) is 6.24. The smallest absolute Gasteiger partial charge is 0.198 e. The Balaban J connectivity index is 2.31. The van der Waals surface area contributed by atoms with Gasteiger partial charge in [-0.25, -0.2) is 0 Å². The predicted molar refractivity (Wildman–Crippen MR) is 72.0 cm³/mol. The van der Waals surface area contributed by atoms with Gasteiger partial charge in [-0.05, 0) is 13.0 Å². The Bertz CT molecular complexity index is 744. The van der Waals surface area contributed by atoms with Gasteiger partial charge in [0, 0.05) is 22.3 Å². The maximum Gasteiger partial charge on any atom is 0.198 e. The Hall–Kier alpha value is -2.46. The monoisotopic (exact) mass is 268 g/mol. The minimum absolute atomic E-state index is 0.0212. The number of hydrogen-bond acceptors (Lipinski definition) is 4. The minimum Gasteiger partial charge on any atom is -0.507 e. The summed E-state index contributed by atoms with van der Waals surface area (Å²) < 4.78 is 0. The molecule has 0 amide bonds. The molecular formula is C16H12O4. The molecule has 0 saturated heterocycles. The van der Waals surface area contributed by atoms with Crippen molar-refractivity contribution >= 4 is 11.6 Å². The van der Waals surface area contributed by atoms with E-state index >= 15 is 0 Å². The molecule has 0 unspecified atom stereocenters. The van der Waals surface area contributed by atoms with Crippen molar-refractivity contribution < 1.29 is 19.8 Å². The van der Waals surface area contributed by atoms with Gasteiger partial charge in [-0.2, -0.15) is 0 Å². The summed E-state index contributed by atoms with van der Waals surface area (Å²) >= 11 is 0. The van der Waals surface area contributed by atoms with E-state index in [1.54, 1.807) is 24.3 Å². The van der Waals surface area contributed by atoms with E-state index in [0.717, 1.165) is 0 Å². The summed E-state index contributed by atoms with van der Waals surface area (Å²) in [5, 5.41) is 19.8. The zero-order valence-corrected chi connectivity index (χ0v) is 10.8. The van der Waals surface area contributed by atoms with Crippen molar-refractivity contribution in [3.05, 3.63) is 64.2 Å². The van der Waals surface area contributed by atoms with Crippen molar-refractivity contribution in [2.24, 2.45) is 0 Å². The zero-order chi connectivity index (χ0) is 14.4. The van der Waals surface area contributed by atoms with Gasteiger partial charge >= 0.3 is 0 Å². The number of fused-ring (bicyclic) bond motifs is 2. The molecule has 2 N–H and O–H groups in total. The number of aliphatic hydroxyl groups is 1. The van der Waals surface area contributed by atoms with Gasteiger partial charge in [-0.1, -0.05) is 30.3 Å². The standard InChI is InChI=1S/C16H12O4/c1-8(17)9-6-7-12-13(15(9)19)16(20)11-5-3-2-4-10(11)14(12)18/h2-8,17,19H,1H3/t8-/m0/s1. The summed E-state index contributed by atoms with van der Waals surface area (Å²) in [5.74, 6) is -0.997. The Morgan fingerprint density at radius 1 is 0.900 bits per heavy atom. The van der Waals surface area contributed by atoms with Crippen LogP contribution < -0.4 is 0 Å². The summed E-state index contributed by atoms with van der Waals surface area (Å²) in [6.45, 7) is 1.49. The lowest BCUT2D eigenvalue weighted by atomic mass is 9.82. The number of carbonyl (C=O) groups is 2. The van der Waals surface area contributed by atoms with Crippen molar-refractivity contribution in [3.63, 3.8) is 0 Å². The molecule has 4 nitrogen and oxygen atoms in total. The van der Waals surface area contributed by atoms with Gasteiger partial charge in [0.25, 0.3) is 0 Å². The zero-order valence-electron chi connectivity index (χ0n) is 10.8. The highest BCUT2D eigenvalue weighted by Gasteiger charge is 2.33. The van der Waals surface area contributed by atoms with Gasteiger partial charge in [-0.3, -0.25) is 9.59 Å². The molecule has 3 rings (SSSR count). The number of carbonyl (C=O) groups excluding carboxylic acids is 2. The van der Waals surface area contributed by atoms with Crippen molar-refractivity contribution in [3.8, 4) is 5.75 Å². The third-order valence-electron chi connectivity index (χ3n) is 3.55. The van der Waals surface area contributed by atoms with E-state index in [4.69, 9.17) is 0 Å². The molecule has 20 heavy (non-hydrogen) atoms. The molecule has 0 bridgehead atoms. The van der Waals surface area contributed by atoms with Crippen molar-refractivity contribution in [2.75, 3.05) is 0 Å². The number of rotatable bonds is 1. The molecule has 0 aromatic heterocycles. The maximum atomic E-state index is 12.5. The molecule has 2 aromatic carbocycles. The molecule has 0 aliphatic heterocycles. The minimum atomic E-state index is -0.916. The van der Waals surface area contributed by atoms with Crippen LogP contribution in [0.15, 0.2) is 36.4 Å². The van der Waals surface area contributed by atoms with Crippen LogP contribution in [0.2, 0.25) is 0 Å². The summed E-state index contributed by atoms with van der Waals surface area (Å²) in [4.78, 5) is 24.8. The van der Waals surface area contributed by atoms with Crippen LogP contribution in [-0.2, 0) is 0 Å². The Kier molecular flexibility index (Phi) is 2.69. The molecule has 0 heterocycles. The van der Waals surface area contributed by atoms with Crippen LogP contribution in [0.1, 0.15) is 50.4 Å². The third-order valence-corrected chi connectivity index (χ3v) is 3.55. The van der Waals surface area contributed by atoms with Gasteiger partial charge in [-0.15, -0.1) is 0 Å². The number of aliphatic hydroxyl groups excluding tert-OH is 1. The molecule has 1 atom stereocenters. The van der Waals surface area contributed by atoms with Crippen LogP contribution in [0.25, 0.3) is 0 Å². The van der Waals surface area contributed by atoms with Crippen LogP contribution in [0, 0.1) is 0 Å². The van der Waals surface area contributed by atoms with E-state index < -0.39 is 11.9 Å². The summed E-state index contributed by atoms with van der Waals surface area (Å²) in [6.07, 6.45) is -0.916. The lowest BCUT2D eigenvalue weighted by molar-refractivity contribution is 0.0975. The summed E-state index contributed by atoms with van der Waals surface area (Å²) in [7, 11) is 0. The first kappa shape index (κ1) is 12.6. The first-order valence-corrected chi connectivity index (χ1v) is 6.24. The largest absolute Gasteiger partial charge is 0.507 e. The Morgan fingerprint density at radius 3 is 2.10 bits per heavy atom. The van der Waals surface area contributed by atoms with Crippen LogP contribution in [-0.4, -0.2) is 21.8 Å². The van der Waals surface area contributed by atoms with Crippen LogP contribution >= 0.6 is 0 Å². The number of benzene rings is 2. The highest BCUT2D eigenvalue weighted by Crippen LogP contribution is 2.36. The topological polar surface area (TPSA) is 74.6 Å². The second-order valence-electron chi connectivity index (χ2n) is 4.81. The van der Waals surface area contributed by atoms with Gasteiger partial charge < -0.3 is 10.2 Å². The molecule has 0 radical (unpaired) electrons. The fourth-order valence-corrected chi connectivity index (χ4v) is 2.52. The van der Waals surface area contributed by atoms with E-state index in [-0.39, 0.29) is 33.8 Å². The highest BCUT2D eigenvalue weighted by atomic mass is 16.3. The number of hydrogen-bond donors (Lipinski definition) is 2. The van der Waals surface area contributed by atoms with Crippen molar-refractivity contribution in [1.29, 1.82) is 0 Å². The fraction of sp³-hybridized carbons (Fsp3) is 0.125. The molecule has 1 aliphatic carbocycles. The number of phenolic OH excluding ortho intramolecular Hbond substituents is 1. The number of ketones is 2. The van der Waals surface area contributed by atoms with Crippen molar-refractivity contribution in [2.45, 2.75) is 13.0 Å². The van der Waals surface area contributed by atoms with Gasteiger partial charge in [0.2, 0.25) is 0 Å². The second kappa shape index (κ2) is 4.28. The summed E-state index contributed by atoms with van der Waals surface area (Å²) in [5.41, 5.74) is 1.02. The van der Waals surface area contributed by atoms with Gasteiger partial charge in [0.15, 0.2) is 11.6 Å².